The Labute approximate surface area is 178 Å². The Kier molecular flexibility index (Phi) is 6.59. The van der Waals surface area contributed by atoms with Gasteiger partial charge in [0.1, 0.15) is 5.75 Å². The summed E-state index contributed by atoms with van der Waals surface area (Å²) in [5, 5.41) is 13.6. The fourth-order valence-corrected chi connectivity index (χ4v) is 4.90. The predicted molar refractivity (Wildman–Crippen MR) is 112 cm³/mol. The van der Waals surface area contributed by atoms with Gasteiger partial charge in [0.15, 0.2) is 0 Å². The van der Waals surface area contributed by atoms with E-state index in [0.29, 0.717) is 13.1 Å². The standard InChI is InChI=1S/C19H20ClN3O6S/c1-29-18-8-6-14(30(27,28)22-9-3-2-4-10-22)12-15(18)19(24)21-17-11-13(23(25)26)5-7-16(17)20/h5-8,11-12H,2-4,9-10H2,1H3,(H,21,24). The molecule has 1 saturated heterocycles. The number of nitrogens with zero attached hydrogens (tertiary/aromatic N) is 2. The van der Waals surface area contributed by atoms with E-state index < -0.39 is 20.9 Å². The maximum absolute atomic E-state index is 13.0. The largest absolute Gasteiger partial charge is 0.496 e. The maximum Gasteiger partial charge on any atom is 0.271 e. The molecule has 11 heteroatoms. The third-order valence-corrected chi connectivity index (χ3v) is 7.00. The number of carbonyl (C=O) groups is 1. The van der Waals surface area contributed by atoms with Crippen LogP contribution in [0.2, 0.25) is 5.02 Å². The van der Waals surface area contributed by atoms with Gasteiger partial charge in [-0.15, -0.1) is 0 Å². The highest BCUT2D eigenvalue weighted by atomic mass is 35.5. The van der Waals surface area contributed by atoms with Gasteiger partial charge in [-0.3, -0.25) is 14.9 Å². The number of nitro groups is 1. The van der Waals surface area contributed by atoms with Gasteiger partial charge in [-0.2, -0.15) is 4.31 Å². The minimum atomic E-state index is -3.76. The molecule has 0 radical (unpaired) electrons. The van der Waals surface area contributed by atoms with Gasteiger partial charge in [0.2, 0.25) is 10.0 Å². The molecule has 0 aliphatic carbocycles. The molecule has 0 atom stereocenters. The molecule has 1 amide bonds. The Morgan fingerprint density at radius 3 is 2.50 bits per heavy atom. The average Bonchev–Trinajstić information content (AvgIpc) is 2.75. The van der Waals surface area contributed by atoms with Gasteiger partial charge in [-0.1, -0.05) is 18.0 Å². The van der Waals surface area contributed by atoms with Crippen molar-refractivity contribution in [2.24, 2.45) is 0 Å². The molecule has 2 aromatic rings. The molecule has 1 fully saturated rings. The van der Waals surface area contributed by atoms with Crippen molar-refractivity contribution in [2.45, 2.75) is 24.2 Å². The number of nitro benzene ring substituents is 1. The van der Waals surface area contributed by atoms with Crippen LogP contribution in [0.3, 0.4) is 0 Å². The van der Waals surface area contributed by atoms with Gasteiger partial charge in [0.05, 0.1) is 33.2 Å². The van der Waals surface area contributed by atoms with Crippen molar-refractivity contribution in [1.29, 1.82) is 0 Å². The van der Waals surface area contributed by atoms with E-state index in [1.54, 1.807) is 0 Å². The Morgan fingerprint density at radius 2 is 1.87 bits per heavy atom. The molecule has 1 aliphatic heterocycles. The van der Waals surface area contributed by atoms with Gasteiger partial charge in [0.25, 0.3) is 11.6 Å². The Hall–Kier alpha value is -2.69. The van der Waals surface area contributed by atoms with Crippen LogP contribution in [-0.2, 0) is 10.0 Å². The molecule has 0 bridgehead atoms. The normalized spacial score (nSPS) is 14.9. The Morgan fingerprint density at radius 1 is 1.17 bits per heavy atom. The first-order valence-electron chi connectivity index (χ1n) is 9.17. The number of hydrogen-bond donors (Lipinski definition) is 1. The molecule has 0 aromatic heterocycles. The van der Waals surface area contributed by atoms with Gasteiger partial charge in [-0.25, -0.2) is 8.42 Å². The molecule has 30 heavy (non-hydrogen) atoms. The lowest BCUT2D eigenvalue weighted by molar-refractivity contribution is -0.384. The second-order valence-corrected chi connectivity index (χ2v) is 9.05. The SMILES string of the molecule is COc1ccc(S(=O)(=O)N2CCCCC2)cc1C(=O)Nc1cc([N+](=O)[O-])ccc1Cl. The molecular formula is C19H20ClN3O6S. The van der Waals surface area contributed by atoms with Crippen LogP contribution in [-0.4, -0.2) is 43.8 Å². The van der Waals surface area contributed by atoms with Crippen molar-refractivity contribution in [3.05, 3.63) is 57.1 Å². The minimum Gasteiger partial charge on any atom is -0.496 e. The number of nitrogens with one attached hydrogen (secondary N) is 1. The summed E-state index contributed by atoms with van der Waals surface area (Å²) in [6.07, 6.45) is 2.55. The summed E-state index contributed by atoms with van der Waals surface area (Å²) in [4.78, 5) is 23.2. The first kappa shape index (κ1) is 22.0. The lowest BCUT2D eigenvalue weighted by Crippen LogP contribution is -2.35. The maximum atomic E-state index is 13.0. The average molecular weight is 454 g/mol. The number of anilines is 1. The zero-order chi connectivity index (χ0) is 21.9. The van der Waals surface area contributed by atoms with E-state index in [4.69, 9.17) is 16.3 Å². The monoisotopic (exact) mass is 453 g/mol. The molecule has 160 valence electrons. The lowest BCUT2D eigenvalue weighted by atomic mass is 10.1. The van der Waals surface area contributed by atoms with Crippen LogP contribution in [0, 0.1) is 10.1 Å². The van der Waals surface area contributed by atoms with Crippen molar-refractivity contribution in [3.63, 3.8) is 0 Å². The van der Waals surface area contributed by atoms with Gasteiger partial charge in [-0.05, 0) is 37.1 Å². The highest BCUT2D eigenvalue weighted by Crippen LogP contribution is 2.30. The van der Waals surface area contributed by atoms with E-state index in [2.05, 4.69) is 5.32 Å². The predicted octanol–water partition coefficient (Wildman–Crippen LogP) is 3.68. The third kappa shape index (κ3) is 4.55. The van der Waals surface area contributed by atoms with Crippen LogP contribution in [0.4, 0.5) is 11.4 Å². The van der Waals surface area contributed by atoms with E-state index in [1.165, 1.54) is 41.7 Å². The molecular weight excluding hydrogens is 434 g/mol. The second kappa shape index (κ2) is 8.99. The topological polar surface area (TPSA) is 119 Å². The van der Waals surface area contributed by atoms with Crippen LogP contribution in [0.15, 0.2) is 41.3 Å². The highest BCUT2D eigenvalue weighted by Gasteiger charge is 2.28. The number of non-ortho nitro benzene ring substituents is 1. The molecule has 0 unspecified atom stereocenters. The van der Waals surface area contributed by atoms with Crippen molar-refractivity contribution in [1.82, 2.24) is 4.31 Å². The Bertz CT molecular complexity index is 1080. The van der Waals surface area contributed by atoms with E-state index in [0.717, 1.165) is 25.3 Å². The van der Waals surface area contributed by atoms with E-state index in [9.17, 15) is 23.3 Å². The summed E-state index contributed by atoms with van der Waals surface area (Å²) >= 11 is 6.04. The molecule has 0 saturated carbocycles. The van der Waals surface area contributed by atoms with Crippen molar-refractivity contribution >= 4 is 38.9 Å². The fraction of sp³-hybridized carbons (Fsp3) is 0.316. The lowest BCUT2D eigenvalue weighted by Gasteiger charge is -2.26. The summed E-state index contributed by atoms with van der Waals surface area (Å²) in [7, 11) is -2.41. The summed E-state index contributed by atoms with van der Waals surface area (Å²) in [5.41, 5.74) is -0.247. The van der Waals surface area contributed by atoms with E-state index >= 15 is 0 Å². The number of methoxy groups -OCH3 is 1. The number of ether oxygens (including phenoxy) is 1. The molecule has 0 spiro atoms. The number of hydrogen-bond acceptors (Lipinski definition) is 6. The first-order valence-corrected chi connectivity index (χ1v) is 11.0. The van der Waals surface area contributed by atoms with Gasteiger partial charge < -0.3 is 10.1 Å². The number of rotatable bonds is 6. The van der Waals surface area contributed by atoms with Crippen LogP contribution < -0.4 is 10.1 Å². The quantitative estimate of drug-likeness (QED) is 0.526. The number of amides is 1. The van der Waals surface area contributed by atoms with E-state index in [1.807, 2.05) is 0 Å². The van der Waals surface area contributed by atoms with Crippen LogP contribution in [0.25, 0.3) is 0 Å². The fourth-order valence-electron chi connectivity index (χ4n) is 3.19. The summed E-state index contributed by atoms with van der Waals surface area (Å²) in [6, 6.07) is 7.67. The Balaban J connectivity index is 1.95. The van der Waals surface area contributed by atoms with Crippen molar-refractivity contribution < 1.29 is 22.9 Å². The smallest absolute Gasteiger partial charge is 0.271 e. The van der Waals surface area contributed by atoms with Crippen molar-refractivity contribution in [3.8, 4) is 5.75 Å². The summed E-state index contributed by atoms with van der Waals surface area (Å²) < 4.78 is 32.5. The molecule has 1 aliphatic rings. The number of carbonyl (C=O) groups excluding carboxylic acids is 1. The number of halogens is 1. The zero-order valence-corrected chi connectivity index (χ0v) is 17.7. The molecule has 2 aromatic carbocycles. The van der Waals surface area contributed by atoms with Gasteiger partial charge >= 0.3 is 0 Å². The molecule has 9 nitrogen and oxygen atoms in total. The number of benzene rings is 2. The van der Waals surface area contributed by atoms with Crippen molar-refractivity contribution in [2.75, 3.05) is 25.5 Å². The first-order chi connectivity index (χ1) is 14.2. The highest BCUT2D eigenvalue weighted by molar-refractivity contribution is 7.89. The van der Waals surface area contributed by atoms with Crippen LogP contribution >= 0.6 is 11.6 Å². The van der Waals surface area contributed by atoms with E-state index in [-0.39, 0.29) is 32.6 Å². The molecule has 3 rings (SSSR count). The van der Waals surface area contributed by atoms with Gasteiger partial charge in [0, 0.05) is 25.2 Å². The second-order valence-electron chi connectivity index (χ2n) is 6.70. The van der Waals surface area contributed by atoms with Crippen LogP contribution in [0.1, 0.15) is 29.6 Å². The summed E-state index contributed by atoms with van der Waals surface area (Å²) in [6.45, 7) is 0.859. The number of piperidine rings is 1. The zero-order valence-electron chi connectivity index (χ0n) is 16.1. The summed E-state index contributed by atoms with van der Waals surface area (Å²) in [5.74, 6) is -0.545. The van der Waals surface area contributed by atoms with Crippen LogP contribution in [0.5, 0.6) is 5.75 Å². The third-order valence-electron chi connectivity index (χ3n) is 4.78. The molecule has 1 heterocycles. The number of sulfonamides is 1. The minimum absolute atomic E-state index is 0.0273. The molecule has 1 N–H and O–H groups in total.